The van der Waals surface area contributed by atoms with Gasteiger partial charge < -0.3 is 10.1 Å². The van der Waals surface area contributed by atoms with Gasteiger partial charge in [0.05, 0.1) is 12.7 Å². The maximum Gasteiger partial charge on any atom is 0.123 e. The minimum absolute atomic E-state index is 0.177. The van der Waals surface area contributed by atoms with E-state index in [4.69, 9.17) is 4.74 Å². The molecule has 1 N–H and O–H groups in total. The molecule has 0 aromatic heterocycles. The molecule has 1 aliphatic rings. The lowest BCUT2D eigenvalue weighted by atomic mass is 9.91. The van der Waals surface area contributed by atoms with Crippen LogP contribution in [0.4, 0.5) is 4.39 Å². The Morgan fingerprint density at radius 1 is 1.39 bits per heavy atom. The number of hydrogen-bond donors (Lipinski definition) is 1. The number of nitrogens with one attached hydrogen (secondary N) is 1. The third kappa shape index (κ3) is 3.30. The highest BCUT2D eigenvalue weighted by Crippen LogP contribution is 2.31. The van der Waals surface area contributed by atoms with Gasteiger partial charge in [-0.25, -0.2) is 4.39 Å². The van der Waals surface area contributed by atoms with Crippen LogP contribution in [-0.4, -0.2) is 19.3 Å². The third-order valence-electron chi connectivity index (χ3n) is 3.54. The highest BCUT2D eigenvalue weighted by atomic mass is 19.1. The molecule has 18 heavy (non-hydrogen) atoms. The van der Waals surface area contributed by atoms with Crippen LogP contribution in [0.1, 0.15) is 38.3 Å². The van der Waals surface area contributed by atoms with E-state index < -0.39 is 0 Å². The number of benzene rings is 1. The van der Waals surface area contributed by atoms with Crippen LogP contribution in [0.3, 0.4) is 0 Å². The van der Waals surface area contributed by atoms with Crippen molar-refractivity contribution in [3.05, 3.63) is 35.6 Å². The number of halogens is 1. The summed E-state index contributed by atoms with van der Waals surface area (Å²) in [5, 5.41) is 3.57. The Bertz CT molecular complexity index is 365. The smallest absolute Gasteiger partial charge is 0.123 e. The quantitative estimate of drug-likeness (QED) is 0.867. The van der Waals surface area contributed by atoms with Crippen LogP contribution in [0.15, 0.2) is 24.3 Å². The van der Waals surface area contributed by atoms with E-state index in [0.29, 0.717) is 12.0 Å². The fourth-order valence-electron chi connectivity index (χ4n) is 2.61. The summed E-state index contributed by atoms with van der Waals surface area (Å²) in [6, 6.07) is 7.11. The van der Waals surface area contributed by atoms with Gasteiger partial charge in [-0.1, -0.05) is 19.1 Å². The normalized spacial score (nSPS) is 25.3. The Morgan fingerprint density at radius 2 is 2.11 bits per heavy atom. The van der Waals surface area contributed by atoms with E-state index in [0.717, 1.165) is 31.6 Å². The number of ether oxygens (including phenoxy) is 1. The average Bonchev–Trinajstić information content (AvgIpc) is 2.78. The van der Waals surface area contributed by atoms with Crippen molar-refractivity contribution < 1.29 is 9.13 Å². The minimum Gasteiger partial charge on any atom is -0.378 e. The highest BCUT2D eigenvalue weighted by Gasteiger charge is 2.30. The molecule has 1 aromatic rings. The van der Waals surface area contributed by atoms with Crippen molar-refractivity contribution in [2.45, 2.75) is 38.8 Å². The van der Waals surface area contributed by atoms with Crippen molar-refractivity contribution in [1.82, 2.24) is 5.32 Å². The largest absolute Gasteiger partial charge is 0.378 e. The Hall–Kier alpha value is -0.930. The van der Waals surface area contributed by atoms with Crippen LogP contribution in [0, 0.1) is 11.7 Å². The molecule has 100 valence electrons. The van der Waals surface area contributed by atoms with Gasteiger partial charge in [-0.05, 0) is 44.0 Å². The van der Waals surface area contributed by atoms with E-state index >= 15 is 0 Å². The Kier molecular flexibility index (Phi) is 4.72. The zero-order valence-electron chi connectivity index (χ0n) is 11.2. The standard InChI is InChI=1S/C15H22FNO/c1-3-8-17-15(13-9-11(2)18-10-13)12-4-6-14(16)7-5-12/h4-7,11,13,15,17H,3,8-10H2,1-2H3. The lowest BCUT2D eigenvalue weighted by Gasteiger charge is -2.24. The lowest BCUT2D eigenvalue weighted by Crippen LogP contribution is -2.29. The summed E-state index contributed by atoms with van der Waals surface area (Å²) in [4.78, 5) is 0. The van der Waals surface area contributed by atoms with Gasteiger partial charge in [-0.2, -0.15) is 0 Å². The van der Waals surface area contributed by atoms with Crippen LogP contribution in [0.2, 0.25) is 0 Å². The summed E-state index contributed by atoms with van der Waals surface area (Å²) >= 11 is 0. The predicted molar refractivity (Wildman–Crippen MR) is 71.0 cm³/mol. The zero-order chi connectivity index (χ0) is 13.0. The SMILES string of the molecule is CCCNC(c1ccc(F)cc1)C1COC(C)C1. The second-order valence-electron chi connectivity index (χ2n) is 5.12. The highest BCUT2D eigenvalue weighted by molar-refractivity contribution is 5.21. The number of rotatable bonds is 5. The predicted octanol–water partition coefficient (Wildman–Crippen LogP) is 3.29. The van der Waals surface area contributed by atoms with Gasteiger partial charge in [0.1, 0.15) is 5.82 Å². The molecule has 3 atom stereocenters. The van der Waals surface area contributed by atoms with Crippen LogP contribution in [0.25, 0.3) is 0 Å². The summed E-state index contributed by atoms with van der Waals surface area (Å²) in [5.41, 5.74) is 1.16. The fraction of sp³-hybridized carbons (Fsp3) is 0.600. The Morgan fingerprint density at radius 3 is 2.67 bits per heavy atom. The molecule has 3 heteroatoms. The fourth-order valence-corrected chi connectivity index (χ4v) is 2.61. The van der Waals surface area contributed by atoms with Crippen molar-refractivity contribution in [2.75, 3.05) is 13.2 Å². The maximum atomic E-state index is 13.0. The molecule has 0 aliphatic carbocycles. The van der Waals surface area contributed by atoms with Crippen molar-refractivity contribution in [2.24, 2.45) is 5.92 Å². The van der Waals surface area contributed by atoms with Crippen molar-refractivity contribution >= 4 is 0 Å². The first-order valence-corrected chi connectivity index (χ1v) is 6.81. The van der Waals surface area contributed by atoms with Gasteiger partial charge in [0.2, 0.25) is 0 Å². The third-order valence-corrected chi connectivity index (χ3v) is 3.54. The molecule has 0 amide bonds. The van der Waals surface area contributed by atoms with Crippen LogP contribution >= 0.6 is 0 Å². The zero-order valence-corrected chi connectivity index (χ0v) is 11.2. The van der Waals surface area contributed by atoms with Gasteiger partial charge in [0.15, 0.2) is 0 Å². The molecular formula is C15H22FNO. The molecule has 3 unspecified atom stereocenters. The Balaban J connectivity index is 2.11. The van der Waals surface area contributed by atoms with E-state index in [1.165, 1.54) is 12.1 Å². The van der Waals surface area contributed by atoms with Gasteiger partial charge in [0, 0.05) is 12.0 Å². The summed E-state index contributed by atoms with van der Waals surface area (Å²) < 4.78 is 18.7. The first-order valence-electron chi connectivity index (χ1n) is 6.81. The van der Waals surface area contributed by atoms with E-state index in [1.54, 1.807) is 0 Å². The topological polar surface area (TPSA) is 21.3 Å². The van der Waals surface area contributed by atoms with E-state index in [1.807, 2.05) is 12.1 Å². The summed E-state index contributed by atoms with van der Waals surface area (Å²) in [5.74, 6) is 0.307. The molecular weight excluding hydrogens is 229 g/mol. The van der Waals surface area contributed by atoms with Crippen molar-refractivity contribution in [3.63, 3.8) is 0 Å². The summed E-state index contributed by atoms with van der Waals surface area (Å²) in [7, 11) is 0. The van der Waals surface area contributed by atoms with Gasteiger partial charge in [0.25, 0.3) is 0 Å². The molecule has 2 rings (SSSR count). The maximum absolute atomic E-state index is 13.0. The van der Waals surface area contributed by atoms with Gasteiger partial charge >= 0.3 is 0 Å². The summed E-state index contributed by atoms with van der Waals surface area (Å²) in [6.07, 6.45) is 2.50. The van der Waals surface area contributed by atoms with Gasteiger partial charge in [-0.3, -0.25) is 0 Å². The van der Waals surface area contributed by atoms with E-state index in [9.17, 15) is 4.39 Å². The van der Waals surface area contributed by atoms with Crippen LogP contribution in [-0.2, 0) is 4.74 Å². The molecule has 0 spiro atoms. The van der Waals surface area contributed by atoms with Crippen molar-refractivity contribution in [1.29, 1.82) is 0 Å². The second kappa shape index (κ2) is 6.30. The Labute approximate surface area is 109 Å². The average molecular weight is 251 g/mol. The molecule has 1 saturated heterocycles. The van der Waals surface area contributed by atoms with Crippen LogP contribution < -0.4 is 5.32 Å². The lowest BCUT2D eigenvalue weighted by molar-refractivity contribution is 0.117. The second-order valence-corrected chi connectivity index (χ2v) is 5.12. The molecule has 1 aromatic carbocycles. The molecule has 0 bridgehead atoms. The first-order chi connectivity index (χ1) is 8.70. The first kappa shape index (κ1) is 13.5. The molecule has 1 fully saturated rings. The minimum atomic E-state index is -0.177. The molecule has 0 saturated carbocycles. The van der Waals surface area contributed by atoms with E-state index in [-0.39, 0.29) is 11.9 Å². The summed E-state index contributed by atoms with van der Waals surface area (Å²) in [6.45, 7) is 6.04. The molecule has 0 radical (unpaired) electrons. The van der Waals surface area contributed by atoms with Crippen molar-refractivity contribution in [3.8, 4) is 0 Å². The van der Waals surface area contributed by atoms with E-state index in [2.05, 4.69) is 19.2 Å². The molecule has 2 nitrogen and oxygen atoms in total. The molecule has 1 aliphatic heterocycles. The number of hydrogen-bond acceptors (Lipinski definition) is 2. The monoisotopic (exact) mass is 251 g/mol. The van der Waals surface area contributed by atoms with Gasteiger partial charge in [-0.15, -0.1) is 0 Å². The molecule has 1 heterocycles. The van der Waals surface area contributed by atoms with Crippen LogP contribution in [0.5, 0.6) is 0 Å².